The van der Waals surface area contributed by atoms with Gasteiger partial charge in [-0.2, -0.15) is 0 Å². The largest absolute Gasteiger partial charge is 0.420 e. The molecule has 122 valence electrons. The Morgan fingerprint density at radius 1 is 0.600 bits per heavy atom. The Bertz CT molecular complexity index is 222. The molecule has 0 aromatic carbocycles. The lowest BCUT2D eigenvalue weighted by molar-refractivity contribution is 0.304. The van der Waals surface area contributed by atoms with Crippen molar-refractivity contribution in [1.29, 1.82) is 0 Å². The summed E-state index contributed by atoms with van der Waals surface area (Å²) in [6, 6.07) is 0. The molecule has 0 saturated carbocycles. The van der Waals surface area contributed by atoms with Crippen molar-refractivity contribution in [2.45, 2.75) is 104 Å². The van der Waals surface area contributed by atoms with E-state index in [0.29, 0.717) is 0 Å². The van der Waals surface area contributed by atoms with Gasteiger partial charge in [-0.1, -0.05) is 84.4 Å². The molecule has 0 saturated heterocycles. The number of rotatable bonds is 13. The monoisotopic (exact) mass is 316 g/mol. The number of unbranched alkanes of at least 4 members (excludes halogenated alkanes) is 9. The molecule has 0 spiro atoms. The van der Waals surface area contributed by atoms with Crippen LogP contribution >= 0.6 is 0 Å². The normalized spacial score (nSPS) is 12.9. The van der Waals surface area contributed by atoms with Gasteiger partial charge in [-0.3, -0.25) is 0 Å². The highest BCUT2D eigenvalue weighted by Gasteiger charge is 2.38. The van der Waals surface area contributed by atoms with Gasteiger partial charge >= 0.3 is 0 Å². The molecule has 0 aliphatic heterocycles. The molecule has 0 fully saturated rings. The van der Waals surface area contributed by atoms with E-state index in [9.17, 15) is 0 Å². The van der Waals surface area contributed by atoms with Crippen LogP contribution in [0.2, 0.25) is 32.7 Å². The second-order valence-electron chi connectivity index (χ2n) is 7.79. The fraction of sp³-hybridized carbons (Fsp3) is 1.00. The van der Waals surface area contributed by atoms with Crippen LogP contribution in [0.5, 0.6) is 0 Å². The third kappa shape index (κ3) is 10.2. The molecule has 0 atom stereocenters. The van der Waals surface area contributed by atoms with Crippen molar-refractivity contribution in [3.8, 4) is 0 Å². The lowest BCUT2D eigenvalue weighted by Gasteiger charge is -2.34. The van der Waals surface area contributed by atoms with E-state index in [1.807, 2.05) is 0 Å². The van der Waals surface area contributed by atoms with Crippen molar-refractivity contribution >= 4 is 15.4 Å². The predicted octanol–water partition coefficient (Wildman–Crippen LogP) is 6.55. The van der Waals surface area contributed by atoms with Gasteiger partial charge in [-0.25, -0.2) is 0 Å². The van der Waals surface area contributed by atoms with E-state index < -0.39 is 15.4 Å². The van der Waals surface area contributed by atoms with E-state index >= 15 is 0 Å². The first-order valence-electron chi connectivity index (χ1n) is 8.95. The molecule has 0 aliphatic rings. The van der Waals surface area contributed by atoms with Crippen LogP contribution in [0.3, 0.4) is 0 Å². The highest BCUT2D eigenvalue weighted by Crippen LogP contribution is 2.20. The average Bonchev–Trinajstić information content (AvgIpc) is 2.34. The summed E-state index contributed by atoms with van der Waals surface area (Å²) in [6.45, 7) is 15.5. The molecule has 0 heterocycles. The average molecular weight is 317 g/mol. The summed E-state index contributed by atoms with van der Waals surface area (Å²) in [4.78, 5) is 0. The topological polar surface area (TPSA) is 9.23 Å². The Hall–Kier alpha value is 0.394. The van der Waals surface area contributed by atoms with Gasteiger partial charge in [-0.05, 0) is 19.5 Å². The molecule has 0 rings (SSSR count). The fourth-order valence-electron chi connectivity index (χ4n) is 2.13. The first kappa shape index (κ1) is 20.4. The zero-order valence-corrected chi connectivity index (χ0v) is 17.2. The summed E-state index contributed by atoms with van der Waals surface area (Å²) in [6.07, 6.45) is 14.1. The number of hydrogen-bond donors (Lipinski definition) is 0. The summed E-state index contributed by atoms with van der Waals surface area (Å²) >= 11 is 0. The Morgan fingerprint density at radius 2 is 1.00 bits per heavy atom. The van der Waals surface area contributed by atoms with Crippen molar-refractivity contribution in [1.82, 2.24) is 0 Å². The third-order valence-electron chi connectivity index (χ3n) is 4.77. The maximum atomic E-state index is 6.27. The molecule has 0 N–H and O–H groups in total. The van der Waals surface area contributed by atoms with Gasteiger partial charge in [0.05, 0.1) is 7.59 Å². The Balaban J connectivity index is 3.33. The summed E-state index contributed by atoms with van der Waals surface area (Å²) < 4.78 is 6.27. The first-order valence-corrected chi connectivity index (χ1v) is 16.4. The van der Waals surface area contributed by atoms with Crippen LogP contribution in [0.25, 0.3) is 0 Å². The van der Waals surface area contributed by atoms with Gasteiger partial charge in [0, 0.05) is 6.61 Å². The van der Waals surface area contributed by atoms with Gasteiger partial charge in [0.2, 0.25) is 0 Å². The van der Waals surface area contributed by atoms with Crippen LogP contribution in [0.4, 0.5) is 0 Å². The number of hydrogen-bond acceptors (Lipinski definition) is 1. The molecule has 0 aromatic rings. The molecule has 0 bridgehead atoms. The van der Waals surface area contributed by atoms with Gasteiger partial charge in [0.15, 0.2) is 7.83 Å². The maximum absolute atomic E-state index is 6.27. The second kappa shape index (κ2) is 11.0. The fourth-order valence-corrected chi connectivity index (χ4v) is 4.83. The van der Waals surface area contributed by atoms with Crippen LogP contribution < -0.4 is 0 Å². The standard InChI is InChI=1S/C17H40OSi2/c1-7-8-9-10-11-12-13-14-15-16-17-18-20(5,6)19(2,3)4/h7-17H2,1-6H3. The third-order valence-corrected chi connectivity index (χ3v) is 20.6. The Kier molecular flexibility index (Phi) is 11.2. The molecule has 0 aromatic heterocycles. The lowest BCUT2D eigenvalue weighted by atomic mass is 10.1. The lowest BCUT2D eigenvalue weighted by Crippen LogP contribution is -2.54. The maximum Gasteiger partial charge on any atom is 0.173 e. The van der Waals surface area contributed by atoms with Crippen molar-refractivity contribution in [2.24, 2.45) is 0 Å². The van der Waals surface area contributed by atoms with E-state index in [-0.39, 0.29) is 0 Å². The van der Waals surface area contributed by atoms with Crippen LogP contribution in [0.15, 0.2) is 0 Å². The van der Waals surface area contributed by atoms with Crippen molar-refractivity contribution in [3.63, 3.8) is 0 Å². The minimum Gasteiger partial charge on any atom is -0.420 e. The summed E-state index contributed by atoms with van der Waals surface area (Å²) in [5, 5.41) is 0. The minimum atomic E-state index is -1.36. The van der Waals surface area contributed by atoms with Crippen molar-refractivity contribution < 1.29 is 4.43 Å². The van der Waals surface area contributed by atoms with Gasteiger partial charge < -0.3 is 4.43 Å². The first-order chi connectivity index (χ1) is 9.31. The molecule has 1 nitrogen and oxygen atoms in total. The van der Waals surface area contributed by atoms with Crippen molar-refractivity contribution in [3.05, 3.63) is 0 Å². The zero-order chi connectivity index (χ0) is 15.5. The minimum absolute atomic E-state index is 1.01. The SMILES string of the molecule is CCCCCCCCCCCCO[Si](C)(C)[Si](C)(C)C. The molecule has 3 heteroatoms. The molecule has 0 amide bonds. The van der Waals surface area contributed by atoms with E-state index in [2.05, 4.69) is 39.7 Å². The second-order valence-corrected chi connectivity index (χ2v) is 23.7. The summed E-state index contributed by atoms with van der Waals surface area (Å²) in [5.74, 6) is 0. The van der Waals surface area contributed by atoms with Crippen LogP contribution in [0, 0.1) is 0 Å². The smallest absolute Gasteiger partial charge is 0.173 e. The van der Waals surface area contributed by atoms with Crippen LogP contribution in [0.1, 0.15) is 71.1 Å². The highest BCUT2D eigenvalue weighted by atomic mass is 29.3. The summed E-state index contributed by atoms with van der Waals surface area (Å²) in [7, 11) is -2.43. The van der Waals surface area contributed by atoms with Gasteiger partial charge in [0.1, 0.15) is 0 Å². The van der Waals surface area contributed by atoms with Crippen molar-refractivity contribution in [2.75, 3.05) is 6.61 Å². The van der Waals surface area contributed by atoms with E-state index in [1.165, 1.54) is 64.2 Å². The van der Waals surface area contributed by atoms with E-state index in [1.54, 1.807) is 0 Å². The Labute approximate surface area is 130 Å². The molecule has 0 aliphatic carbocycles. The predicted molar refractivity (Wildman–Crippen MR) is 98.6 cm³/mol. The zero-order valence-electron chi connectivity index (χ0n) is 15.2. The van der Waals surface area contributed by atoms with Gasteiger partial charge in [-0.15, -0.1) is 0 Å². The van der Waals surface area contributed by atoms with Gasteiger partial charge in [0.25, 0.3) is 0 Å². The highest BCUT2D eigenvalue weighted by molar-refractivity contribution is 7.37. The molecule has 20 heavy (non-hydrogen) atoms. The quantitative estimate of drug-likeness (QED) is 0.277. The molecular formula is C17H40OSi2. The van der Waals surface area contributed by atoms with Crippen LogP contribution in [-0.2, 0) is 4.43 Å². The molecule has 0 unspecified atom stereocenters. The Morgan fingerprint density at radius 3 is 1.40 bits per heavy atom. The molecule has 0 radical (unpaired) electrons. The van der Waals surface area contributed by atoms with E-state index in [4.69, 9.17) is 4.43 Å². The van der Waals surface area contributed by atoms with E-state index in [0.717, 1.165) is 6.61 Å². The summed E-state index contributed by atoms with van der Waals surface area (Å²) in [5.41, 5.74) is 0. The molecular weight excluding hydrogens is 276 g/mol. The van der Waals surface area contributed by atoms with Crippen LogP contribution in [-0.4, -0.2) is 22.0 Å².